The Labute approximate surface area is 210 Å². The van der Waals surface area contributed by atoms with Crippen LogP contribution >= 0.6 is 11.8 Å². The molecule has 178 valence electrons. The molecule has 1 heterocycles. The molecule has 0 bridgehead atoms. The zero-order valence-corrected chi connectivity index (χ0v) is 19.9. The van der Waals surface area contributed by atoms with E-state index in [1.807, 2.05) is 6.07 Å². The lowest BCUT2D eigenvalue weighted by Crippen LogP contribution is -2.27. The fourth-order valence-electron chi connectivity index (χ4n) is 3.99. The molecule has 2 N–H and O–H groups in total. The Kier molecular flexibility index (Phi) is 6.26. The summed E-state index contributed by atoms with van der Waals surface area (Å²) in [7, 11) is 0. The maximum absolute atomic E-state index is 13.2. The van der Waals surface area contributed by atoms with Crippen molar-refractivity contribution in [3.05, 3.63) is 113 Å². The van der Waals surface area contributed by atoms with Crippen LogP contribution in [0.3, 0.4) is 0 Å². The molecule has 5 rings (SSSR count). The van der Waals surface area contributed by atoms with Gasteiger partial charge in [-0.3, -0.25) is 19.2 Å². The number of anilines is 2. The number of fused-ring (bicyclic) bond motifs is 2. The fraction of sp³-hybridized carbons (Fsp3) is 0.0714. The predicted molar refractivity (Wildman–Crippen MR) is 137 cm³/mol. The fourth-order valence-corrected chi connectivity index (χ4v) is 4.92. The molecule has 0 spiro atoms. The molecule has 1 aromatic heterocycles. The topological polar surface area (TPSA) is 105 Å². The number of thioether (sulfide) groups is 1. The summed E-state index contributed by atoms with van der Waals surface area (Å²) in [5, 5.41) is 5.06. The van der Waals surface area contributed by atoms with Crippen LogP contribution in [-0.4, -0.2) is 28.6 Å². The molecule has 4 aromatic rings. The summed E-state index contributed by atoms with van der Waals surface area (Å²) in [6, 6.07) is 21.9. The summed E-state index contributed by atoms with van der Waals surface area (Å²) >= 11 is 1.30. The predicted octanol–water partition coefficient (Wildman–Crippen LogP) is 5.43. The van der Waals surface area contributed by atoms with Gasteiger partial charge >= 0.3 is 0 Å². The SMILES string of the molecule is CC(Sc1cccc(NC(=O)c2ccco2)c1)C(=O)Nc1cccc2c1C(=O)c1ccccc1C2=O. The minimum absolute atomic E-state index is 0.197. The minimum atomic E-state index is -0.529. The first-order valence-corrected chi connectivity index (χ1v) is 12.0. The van der Waals surface area contributed by atoms with Gasteiger partial charge in [-0.25, -0.2) is 0 Å². The molecular formula is C28H20N2O5S. The molecule has 8 heteroatoms. The molecule has 1 aliphatic rings. The molecule has 1 aliphatic carbocycles. The third kappa shape index (κ3) is 4.46. The van der Waals surface area contributed by atoms with E-state index in [4.69, 9.17) is 4.42 Å². The number of amides is 2. The standard InChI is InChI=1S/C28H20N2O5S/c1-16(36-18-8-4-7-17(15-18)29-28(34)23-13-6-14-35-23)27(33)30-22-12-5-11-21-24(22)26(32)20-10-3-2-9-19(20)25(21)31/h2-16H,1H3,(H,29,34)(H,30,33). The lowest BCUT2D eigenvalue weighted by molar-refractivity contribution is -0.115. The van der Waals surface area contributed by atoms with Gasteiger partial charge in [0.25, 0.3) is 5.91 Å². The molecule has 0 fully saturated rings. The zero-order valence-electron chi connectivity index (χ0n) is 19.1. The van der Waals surface area contributed by atoms with Crippen LogP contribution in [0.2, 0.25) is 0 Å². The Hall–Kier alpha value is -4.43. The normalized spacial score (nSPS) is 12.9. The van der Waals surface area contributed by atoms with Crippen LogP contribution in [0.5, 0.6) is 0 Å². The van der Waals surface area contributed by atoms with Crippen LogP contribution in [0.15, 0.2) is 94.4 Å². The van der Waals surface area contributed by atoms with E-state index in [-0.39, 0.29) is 40.3 Å². The van der Waals surface area contributed by atoms with Crippen molar-refractivity contribution in [1.29, 1.82) is 0 Å². The van der Waals surface area contributed by atoms with Gasteiger partial charge in [-0.05, 0) is 43.3 Å². The van der Waals surface area contributed by atoms with Gasteiger partial charge < -0.3 is 15.1 Å². The van der Waals surface area contributed by atoms with E-state index in [0.717, 1.165) is 4.90 Å². The third-order valence-electron chi connectivity index (χ3n) is 5.73. The highest BCUT2D eigenvalue weighted by molar-refractivity contribution is 8.00. The minimum Gasteiger partial charge on any atom is -0.459 e. The highest BCUT2D eigenvalue weighted by Gasteiger charge is 2.32. The molecule has 1 atom stereocenters. The molecule has 1 unspecified atom stereocenters. The number of nitrogens with one attached hydrogen (secondary N) is 2. The first-order chi connectivity index (χ1) is 17.4. The number of benzene rings is 3. The van der Waals surface area contributed by atoms with E-state index in [1.165, 1.54) is 18.0 Å². The number of carbonyl (C=O) groups excluding carboxylic acids is 4. The smallest absolute Gasteiger partial charge is 0.291 e. The summed E-state index contributed by atoms with van der Waals surface area (Å²) in [5.74, 6) is -1.04. The number of carbonyl (C=O) groups is 4. The molecule has 0 radical (unpaired) electrons. The van der Waals surface area contributed by atoms with Gasteiger partial charge in [-0.15, -0.1) is 11.8 Å². The number of hydrogen-bond acceptors (Lipinski definition) is 6. The largest absolute Gasteiger partial charge is 0.459 e. The van der Waals surface area contributed by atoms with Crippen LogP contribution in [0.4, 0.5) is 11.4 Å². The van der Waals surface area contributed by atoms with Gasteiger partial charge in [0, 0.05) is 27.3 Å². The van der Waals surface area contributed by atoms with Gasteiger partial charge in [-0.1, -0.05) is 42.5 Å². The van der Waals surface area contributed by atoms with Crippen LogP contribution in [-0.2, 0) is 4.79 Å². The van der Waals surface area contributed by atoms with Crippen molar-refractivity contribution in [2.45, 2.75) is 17.1 Å². The molecule has 0 saturated heterocycles. The molecule has 0 saturated carbocycles. The number of rotatable bonds is 6. The average Bonchev–Trinajstić information content (AvgIpc) is 3.43. The molecule has 0 aliphatic heterocycles. The first kappa shape index (κ1) is 23.3. The second-order valence-corrected chi connectivity index (χ2v) is 9.55. The van der Waals surface area contributed by atoms with E-state index >= 15 is 0 Å². The summed E-state index contributed by atoms with van der Waals surface area (Å²) in [5.41, 5.74) is 2.03. The van der Waals surface area contributed by atoms with Crippen LogP contribution in [0.1, 0.15) is 49.3 Å². The van der Waals surface area contributed by atoms with Gasteiger partial charge in [0.2, 0.25) is 5.91 Å². The monoisotopic (exact) mass is 496 g/mol. The highest BCUT2D eigenvalue weighted by atomic mass is 32.2. The number of hydrogen-bond donors (Lipinski definition) is 2. The van der Waals surface area contributed by atoms with E-state index in [2.05, 4.69) is 10.6 Å². The lowest BCUT2D eigenvalue weighted by Gasteiger charge is -2.21. The van der Waals surface area contributed by atoms with Crippen LogP contribution in [0, 0.1) is 0 Å². The first-order valence-electron chi connectivity index (χ1n) is 11.2. The molecule has 36 heavy (non-hydrogen) atoms. The van der Waals surface area contributed by atoms with Gasteiger partial charge in [0.05, 0.1) is 22.8 Å². The average molecular weight is 497 g/mol. The number of ketones is 2. The molecule has 2 amide bonds. The van der Waals surface area contributed by atoms with Crippen molar-refractivity contribution < 1.29 is 23.6 Å². The molecular weight excluding hydrogens is 476 g/mol. The zero-order chi connectivity index (χ0) is 25.2. The Morgan fingerprint density at radius 2 is 1.53 bits per heavy atom. The quantitative estimate of drug-likeness (QED) is 0.304. The summed E-state index contributed by atoms with van der Waals surface area (Å²) in [6.45, 7) is 1.74. The van der Waals surface area contributed by atoms with Crippen molar-refractivity contribution in [2.75, 3.05) is 10.6 Å². The van der Waals surface area contributed by atoms with E-state index in [0.29, 0.717) is 22.5 Å². The van der Waals surface area contributed by atoms with Crippen LogP contribution in [0.25, 0.3) is 0 Å². The van der Waals surface area contributed by atoms with E-state index in [9.17, 15) is 19.2 Å². The molecule has 3 aromatic carbocycles. The van der Waals surface area contributed by atoms with Gasteiger partial charge in [-0.2, -0.15) is 0 Å². The maximum atomic E-state index is 13.2. The summed E-state index contributed by atoms with van der Waals surface area (Å²) < 4.78 is 5.11. The maximum Gasteiger partial charge on any atom is 0.291 e. The van der Waals surface area contributed by atoms with E-state index < -0.39 is 5.25 Å². The Morgan fingerprint density at radius 3 is 2.28 bits per heavy atom. The van der Waals surface area contributed by atoms with Gasteiger partial charge in [0.15, 0.2) is 17.3 Å². The highest BCUT2D eigenvalue weighted by Crippen LogP contribution is 2.33. The van der Waals surface area contributed by atoms with Crippen molar-refractivity contribution in [3.63, 3.8) is 0 Å². The molecule has 7 nitrogen and oxygen atoms in total. The Balaban J connectivity index is 1.31. The van der Waals surface area contributed by atoms with E-state index in [1.54, 1.807) is 79.7 Å². The summed E-state index contributed by atoms with van der Waals surface area (Å²) in [4.78, 5) is 52.2. The van der Waals surface area contributed by atoms with Crippen molar-refractivity contribution in [2.24, 2.45) is 0 Å². The Bertz CT molecular complexity index is 1510. The van der Waals surface area contributed by atoms with Crippen molar-refractivity contribution in [3.8, 4) is 0 Å². The summed E-state index contributed by atoms with van der Waals surface area (Å²) in [6.07, 6.45) is 1.42. The lowest BCUT2D eigenvalue weighted by atomic mass is 9.83. The number of furan rings is 1. The second kappa shape index (κ2) is 9.67. The van der Waals surface area contributed by atoms with Crippen LogP contribution < -0.4 is 10.6 Å². The third-order valence-corrected chi connectivity index (χ3v) is 6.82. The van der Waals surface area contributed by atoms with Crippen molar-refractivity contribution >= 4 is 46.5 Å². The Morgan fingerprint density at radius 1 is 0.806 bits per heavy atom. The second-order valence-electron chi connectivity index (χ2n) is 8.14. The van der Waals surface area contributed by atoms with Crippen molar-refractivity contribution in [1.82, 2.24) is 0 Å². The van der Waals surface area contributed by atoms with Gasteiger partial charge in [0.1, 0.15) is 0 Å².